The maximum Gasteiger partial charge on any atom is 0.277 e. The van der Waals surface area contributed by atoms with Crippen molar-refractivity contribution in [3.8, 4) is 11.5 Å². The molecule has 9 heteroatoms. The van der Waals surface area contributed by atoms with Gasteiger partial charge in [-0.2, -0.15) is 0 Å². The minimum atomic E-state index is -0.497. The number of rotatable bonds is 3. The van der Waals surface area contributed by atoms with Crippen molar-refractivity contribution in [1.82, 2.24) is 0 Å². The van der Waals surface area contributed by atoms with Crippen molar-refractivity contribution in [2.75, 3.05) is 30.4 Å². The topological polar surface area (TPSA) is 108 Å². The number of halogens is 1. The second-order valence-corrected chi connectivity index (χ2v) is 6.55. The molecule has 1 amide bonds. The monoisotopic (exact) mass is 405 g/mol. The maximum atomic E-state index is 13.0. The minimum absolute atomic E-state index is 0. The van der Waals surface area contributed by atoms with Crippen molar-refractivity contribution in [3.05, 3.63) is 51.6 Å². The smallest absolute Gasteiger partial charge is 0.277 e. The molecule has 2 aromatic carbocycles. The molecule has 8 nitrogen and oxygen atoms in total. The van der Waals surface area contributed by atoms with E-state index in [1.54, 1.807) is 4.90 Å². The summed E-state index contributed by atoms with van der Waals surface area (Å²) in [6.07, 6.45) is 1.52. The summed E-state index contributed by atoms with van der Waals surface area (Å²) in [4.78, 5) is 25.6. The molecule has 0 radical (unpaired) electrons. The van der Waals surface area contributed by atoms with Gasteiger partial charge in [-0.25, -0.2) is 0 Å². The summed E-state index contributed by atoms with van der Waals surface area (Å²) in [5, 5.41) is 11.5. The molecule has 2 N–H and O–H groups in total. The molecule has 0 spiro atoms. The average molecular weight is 406 g/mol. The lowest BCUT2D eigenvalue weighted by molar-refractivity contribution is -0.385. The van der Waals surface area contributed by atoms with Crippen LogP contribution in [0.5, 0.6) is 11.5 Å². The molecular formula is C19H20ClN3O5. The Balaban J connectivity index is 0.00000225. The van der Waals surface area contributed by atoms with E-state index in [2.05, 4.69) is 0 Å². The predicted molar refractivity (Wildman–Crippen MR) is 107 cm³/mol. The second-order valence-electron chi connectivity index (χ2n) is 6.55. The zero-order valence-electron chi connectivity index (χ0n) is 15.1. The average Bonchev–Trinajstić information content (AvgIpc) is 2.67. The van der Waals surface area contributed by atoms with Gasteiger partial charge >= 0.3 is 0 Å². The van der Waals surface area contributed by atoms with Crippen LogP contribution in [0.2, 0.25) is 0 Å². The fourth-order valence-electron chi connectivity index (χ4n) is 3.60. The number of benzene rings is 2. The Hall–Kier alpha value is -3.00. The van der Waals surface area contributed by atoms with Crippen LogP contribution in [-0.4, -0.2) is 30.6 Å². The van der Waals surface area contributed by atoms with E-state index in [9.17, 15) is 14.9 Å². The molecule has 0 atom stereocenters. The van der Waals surface area contributed by atoms with Crippen LogP contribution in [-0.2, 0) is 17.6 Å². The summed E-state index contributed by atoms with van der Waals surface area (Å²) in [5.41, 5.74) is 8.61. The van der Waals surface area contributed by atoms with Gasteiger partial charge in [0.25, 0.3) is 5.69 Å². The molecule has 0 saturated heterocycles. The van der Waals surface area contributed by atoms with E-state index >= 15 is 0 Å². The number of amides is 1. The fraction of sp³-hybridized carbons (Fsp3) is 0.316. The molecule has 0 fully saturated rings. The first-order valence-electron chi connectivity index (χ1n) is 8.79. The summed E-state index contributed by atoms with van der Waals surface area (Å²) in [6, 6.07) is 8.36. The highest BCUT2D eigenvalue weighted by Crippen LogP contribution is 2.38. The molecule has 0 aromatic heterocycles. The van der Waals surface area contributed by atoms with Crippen molar-refractivity contribution < 1.29 is 19.2 Å². The van der Waals surface area contributed by atoms with Gasteiger partial charge in [0.1, 0.15) is 13.2 Å². The molecule has 0 aliphatic carbocycles. The summed E-state index contributed by atoms with van der Waals surface area (Å²) >= 11 is 0. The maximum absolute atomic E-state index is 13.0. The second kappa shape index (κ2) is 7.93. The van der Waals surface area contributed by atoms with E-state index in [0.717, 1.165) is 24.1 Å². The van der Waals surface area contributed by atoms with E-state index in [1.165, 1.54) is 12.1 Å². The van der Waals surface area contributed by atoms with Crippen LogP contribution in [0.3, 0.4) is 0 Å². The largest absolute Gasteiger partial charge is 0.486 e. The first-order valence-corrected chi connectivity index (χ1v) is 8.79. The Morgan fingerprint density at radius 1 is 1.21 bits per heavy atom. The van der Waals surface area contributed by atoms with Gasteiger partial charge in [-0.15, -0.1) is 12.4 Å². The zero-order chi connectivity index (χ0) is 19.0. The molecule has 28 heavy (non-hydrogen) atoms. The van der Waals surface area contributed by atoms with E-state index in [0.29, 0.717) is 42.5 Å². The van der Waals surface area contributed by atoms with E-state index in [-0.39, 0.29) is 30.4 Å². The number of hydrogen-bond donors (Lipinski definition) is 1. The lowest BCUT2D eigenvalue weighted by Crippen LogP contribution is -2.37. The van der Waals surface area contributed by atoms with Crippen LogP contribution in [0.4, 0.5) is 17.1 Å². The summed E-state index contributed by atoms with van der Waals surface area (Å²) < 4.78 is 10.9. The third-order valence-corrected chi connectivity index (χ3v) is 4.87. The number of anilines is 2. The van der Waals surface area contributed by atoms with Crippen LogP contribution in [0.25, 0.3) is 0 Å². The SMILES string of the molecule is Cl.Nc1cccc2c1CCCN2C(=O)Cc1cc2c(cc1[N+](=O)[O-])OCCO2. The summed E-state index contributed by atoms with van der Waals surface area (Å²) in [6.45, 7) is 1.28. The van der Waals surface area contributed by atoms with Gasteiger partial charge in [0.15, 0.2) is 11.5 Å². The van der Waals surface area contributed by atoms with Crippen LogP contribution in [0.15, 0.2) is 30.3 Å². The highest BCUT2D eigenvalue weighted by molar-refractivity contribution is 5.97. The Bertz CT molecular complexity index is 934. The summed E-state index contributed by atoms with van der Waals surface area (Å²) in [5.74, 6) is 0.555. The number of ether oxygens (including phenoxy) is 2. The Morgan fingerprint density at radius 3 is 2.64 bits per heavy atom. The first kappa shape index (κ1) is 19.8. The van der Waals surface area contributed by atoms with Crippen LogP contribution < -0.4 is 20.1 Å². The number of carbonyl (C=O) groups is 1. The first-order chi connectivity index (χ1) is 13.0. The van der Waals surface area contributed by atoms with Crippen LogP contribution >= 0.6 is 12.4 Å². The lowest BCUT2D eigenvalue weighted by atomic mass is 9.98. The van der Waals surface area contributed by atoms with Gasteiger partial charge < -0.3 is 20.1 Å². The van der Waals surface area contributed by atoms with Crippen LogP contribution in [0, 0.1) is 10.1 Å². The number of fused-ring (bicyclic) bond motifs is 2. The molecule has 2 aromatic rings. The van der Waals surface area contributed by atoms with Crippen molar-refractivity contribution in [2.45, 2.75) is 19.3 Å². The molecule has 0 bridgehead atoms. The van der Waals surface area contributed by atoms with Gasteiger partial charge in [0.2, 0.25) is 5.91 Å². The Kier molecular flexibility index (Phi) is 5.60. The van der Waals surface area contributed by atoms with Gasteiger partial charge in [-0.3, -0.25) is 14.9 Å². The molecule has 4 rings (SSSR count). The van der Waals surface area contributed by atoms with Crippen molar-refractivity contribution in [1.29, 1.82) is 0 Å². The van der Waals surface area contributed by atoms with E-state index < -0.39 is 4.92 Å². The highest BCUT2D eigenvalue weighted by atomic mass is 35.5. The number of nitro groups is 1. The predicted octanol–water partition coefficient (Wildman–Crippen LogP) is 2.89. The Labute approximate surface area is 167 Å². The molecule has 0 unspecified atom stereocenters. The number of carbonyl (C=O) groups excluding carboxylic acids is 1. The number of nitrogens with two attached hydrogens (primary N) is 1. The lowest BCUT2D eigenvalue weighted by Gasteiger charge is -2.30. The quantitative estimate of drug-likeness (QED) is 0.478. The normalized spacial score (nSPS) is 14.6. The number of nitrogens with zero attached hydrogens (tertiary/aromatic N) is 2. The van der Waals surface area contributed by atoms with Gasteiger partial charge in [0, 0.05) is 23.5 Å². The van der Waals surface area contributed by atoms with Gasteiger partial charge in [0.05, 0.1) is 17.4 Å². The molecule has 0 saturated carbocycles. The minimum Gasteiger partial charge on any atom is -0.486 e. The summed E-state index contributed by atoms with van der Waals surface area (Å²) in [7, 11) is 0. The van der Waals surface area contributed by atoms with E-state index in [1.807, 2.05) is 18.2 Å². The molecule has 148 valence electrons. The third kappa shape index (κ3) is 3.55. The molecule has 2 aliphatic heterocycles. The van der Waals surface area contributed by atoms with Gasteiger partial charge in [-0.05, 0) is 36.6 Å². The van der Waals surface area contributed by atoms with E-state index in [4.69, 9.17) is 15.2 Å². The number of nitrogen functional groups attached to an aromatic ring is 1. The van der Waals surface area contributed by atoms with Crippen molar-refractivity contribution in [2.24, 2.45) is 0 Å². The zero-order valence-corrected chi connectivity index (χ0v) is 15.9. The van der Waals surface area contributed by atoms with Crippen LogP contribution in [0.1, 0.15) is 17.5 Å². The molecule has 2 aliphatic rings. The fourth-order valence-corrected chi connectivity index (χ4v) is 3.60. The standard InChI is InChI=1S/C19H19N3O5.ClH/c20-14-4-1-5-15-13(14)3-2-6-21(15)19(23)10-12-9-17-18(27-8-7-26-17)11-16(12)22(24)25;/h1,4-5,9,11H,2-3,6-8,10,20H2;1H. The molecular weight excluding hydrogens is 386 g/mol. The van der Waals surface area contributed by atoms with Gasteiger partial charge in [-0.1, -0.05) is 6.07 Å². The molecule has 2 heterocycles. The number of nitro benzene ring substituents is 1. The van der Waals surface area contributed by atoms with Crippen molar-refractivity contribution in [3.63, 3.8) is 0 Å². The highest BCUT2D eigenvalue weighted by Gasteiger charge is 2.28. The number of hydrogen-bond acceptors (Lipinski definition) is 6. The Morgan fingerprint density at radius 2 is 1.93 bits per heavy atom. The third-order valence-electron chi connectivity index (χ3n) is 4.87. The van der Waals surface area contributed by atoms with Crippen molar-refractivity contribution >= 4 is 35.4 Å².